The Morgan fingerprint density at radius 3 is 2.75 bits per heavy atom. The number of rotatable bonds is 6. The van der Waals surface area contributed by atoms with Gasteiger partial charge in [-0.3, -0.25) is 9.80 Å². The highest BCUT2D eigenvalue weighted by atomic mass is 19.3. The summed E-state index contributed by atoms with van der Waals surface area (Å²) in [5.74, 6) is 0.630. The SMILES string of the molecule is C[C@@H]1CN(C[C@@H]2CCCN2Cc2ncnn2CC(F)F)C[C@H](C)O1. The molecule has 0 unspecified atom stereocenters. The number of halogens is 2. The lowest BCUT2D eigenvalue weighted by Gasteiger charge is -2.38. The molecule has 1 aromatic rings. The molecule has 0 N–H and O–H groups in total. The van der Waals surface area contributed by atoms with Crippen molar-refractivity contribution in [3.8, 4) is 0 Å². The lowest BCUT2D eigenvalue weighted by atomic mass is 10.1. The summed E-state index contributed by atoms with van der Waals surface area (Å²) in [5, 5.41) is 3.93. The first kappa shape index (κ1) is 17.7. The van der Waals surface area contributed by atoms with Crippen molar-refractivity contribution in [3.05, 3.63) is 12.2 Å². The molecule has 6 nitrogen and oxygen atoms in total. The van der Waals surface area contributed by atoms with Gasteiger partial charge in [0, 0.05) is 25.7 Å². The number of hydrogen-bond donors (Lipinski definition) is 0. The number of morpholine rings is 1. The Morgan fingerprint density at radius 1 is 1.29 bits per heavy atom. The average molecular weight is 343 g/mol. The van der Waals surface area contributed by atoms with Gasteiger partial charge in [-0.15, -0.1) is 0 Å². The van der Waals surface area contributed by atoms with Crippen molar-refractivity contribution in [3.63, 3.8) is 0 Å². The molecule has 2 saturated heterocycles. The molecule has 0 aliphatic carbocycles. The third kappa shape index (κ3) is 4.49. The third-order valence-electron chi connectivity index (χ3n) is 4.81. The van der Waals surface area contributed by atoms with Gasteiger partial charge in [-0.2, -0.15) is 5.10 Å². The Hall–Kier alpha value is -1.12. The van der Waals surface area contributed by atoms with Gasteiger partial charge in [0.25, 0.3) is 6.43 Å². The Balaban J connectivity index is 1.58. The summed E-state index contributed by atoms with van der Waals surface area (Å²) >= 11 is 0. The van der Waals surface area contributed by atoms with Crippen LogP contribution in [0, 0.1) is 0 Å². The molecular weight excluding hydrogens is 316 g/mol. The van der Waals surface area contributed by atoms with Crippen LogP contribution in [0.5, 0.6) is 0 Å². The van der Waals surface area contributed by atoms with Crippen LogP contribution in [0.4, 0.5) is 8.78 Å². The molecule has 2 aliphatic heterocycles. The summed E-state index contributed by atoms with van der Waals surface area (Å²) in [6.07, 6.45) is 1.77. The first-order valence-electron chi connectivity index (χ1n) is 8.78. The maximum Gasteiger partial charge on any atom is 0.257 e. The molecule has 0 saturated carbocycles. The van der Waals surface area contributed by atoms with Crippen molar-refractivity contribution in [2.45, 2.75) is 64.5 Å². The lowest BCUT2D eigenvalue weighted by molar-refractivity contribution is -0.0725. The minimum atomic E-state index is -2.41. The normalized spacial score (nSPS) is 29.6. The van der Waals surface area contributed by atoms with E-state index in [0.29, 0.717) is 18.4 Å². The second-order valence-electron chi connectivity index (χ2n) is 6.99. The van der Waals surface area contributed by atoms with Gasteiger partial charge in [-0.05, 0) is 33.2 Å². The van der Waals surface area contributed by atoms with Crippen LogP contribution in [0.2, 0.25) is 0 Å². The van der Waals surface area contributed by atoms with Crippen LogP contribution < -0.4 is 0 Å². The van der Waals surface area contributed by atoms with Gasteiger partial charge < -0.3 is 4.74 Å². The van der Waals surface area contributed by atoms with E-state index in [9.17, 15) is 8.78 Å². The summed E-state index contributed by atoms with van der Waals surface area (Å²) in [6, 6.07) is 0.444. The topological polar surface area (TPSA) is 46.4 Å². The second kappa shape index (κ2) is 7.84. The Morgan fingerprint density at radius 2 is 2.04 bits per heavy atom. The van der Waals surface area contributed by atoms with Crippen LogP contribution in [0.25, 0.3) is 0 Å². The van der Waals surface area contributed by atoms with Gasteiger partial charge >= 0.3 is 0 Å². The fourth-order valence-electron chi connectivity index (χ4n) is 3.92. The molecule has 136 valence electrons. The molecule has 24 heavy (non-hydrogen) atoms. The van der Waals surface area contributed by atoms with E-state index in [1.54, 1.807) is 0 Å². The summed E-state index contributed by atoms with van der Waals surface area (Å²) in [4.78, 5) is 9.00. The molecule has 0 radical (unpaired) electrons. The monoisotopic (exact) mass is 343 g/mol. The summed E-state index contributed by atoms with van der Waals surface area (Å²) < 4.78 is 32.4. The second-order valence-corrected chi connectivity index (χ2v) is 6.99. The van der Waals surface area contributed by atoms with Crippen LogP contribution in [0.15, 0.2) is 6.33 Å². The van der Waals surface area contributed by atoms with E-state index in [0.717, 1.165) is 39.0 Å². The standard InChI is InChI=1S/C16H27F2N5O/c1-12-6-21(7-13(2)24-12)8-14-4-3-5-22(14)10-16-19-11-20-23(16)9-15(17)18/h11-15H,3-10H2,1-2H3/t12-,13+,14-/m0/s1. The zero-order valence-electron chi connectivity index (χ0n) is 14.4. The number of aromatic nitrogens is 3. The first-order valence-corrected chi connectivity index (χ1v) is 8.78. The molecule has 3 heterocycles. The maximum absolute atomic E-state index is 12.6. The van der Waals surface area contributed by atoms with Crippen LogP contribution >= 0.6 is 0 Å². The van der Waals surface area contributed by atoms with Gasteiger partial charge in [0.05, 0.1) is 18.8 Å². The predicted octanol–water partition coefficient (Wildman–Crippen LogP) is 1.62. The van der Waals surface area contributed by atoms with Crippen LogP contribution in [-0.2, 0) is 17.8 Å². The molecule has 0 spiro atoms. The fourth-order valence-corrected chi connectivity index (χ4v) is 3.92. The smallest absolute Gasteiger partial charge is 0.257 e. The van der Waals surface area contributed by atoms with Crippen molar-refractivity contribution in [1.29, 1.82) is 0 Å². The Kier molecular flexibility index (Phi) is 5.78. The van der Waals surface area contributed by atoms with E-state index >= 15 is 0 Å². The summed E-state index contributed by atoms with van der Waals surface area (Å²) in [5.41, 5.74) is 0. The lowest BCUT2D eigenvalue weighted by Crippen LogP contribution is -2.50. The van der Waals surface area contributed by atoms with Gasteiger partial charge in [0.15, 0.2) is 0 Å². The molecule has 0 aromatic carbocycles. The quantitative estimate of drug-likeness (QED) is 0.785. The molecular formula is C16H27F2N5O. The maximum atomic E-state index is 12.6. The van der Waals surface area contributed by atoms with E-state index in [1.165, 1.54) is 11.0 Å². The largest absolute Gasteiger partial charge is 0.373 e. The van der Waals surface area contributed by atoms with Gasteiger partial charge in [-0.1, -0.05) is 0 Å². The molecule has 2 fully saturated rings. The number of likely N-dealkylation sites (tertiary alicyclic amines) is 1. The number of ether oxygens (including phenoxy) is 1. The van der Waals surface area contributed by atoms with Crippen LogP contribution in [0.1, 0.15) is 32.5 Å². The van der Waals surface area contributed by atoms with Crippen molar-refractivity contribution in [2.75, 3.05) is 26.2 Å². The van der Waals surface area contributed by atoms with Crippen molar-refractivity contribution in [1.82, 2.24) is 24.6 Å². The minimum absolute atomic E-state index is 0.262. The third-order valence-corrected chi connectivity index (χ3v) is 4.81. The first-order chi connectivity index (χ1) is 11.5. The molecule has 0 amide bonds. The van der Waals surface area contributed by atoms with Crippen molar-refractivity contribution < 1.29 is 13.5 Å². The van der Waals surface area contributed by atoms with Crippen molar-refractivity contribution >= 4 is 0 Å². The fraction of sp³-hybridized carbons (Fsp3) is 0.875. The summed E-state index contributed by atoms with van der Waals surface area (Å²) in [7, 11) is 0. The molecule has 3 atom stereocenters. The average Bonchev–Trinajstić information content (AvgIpc) is 3.08. The highest BCUT2D eigenvalue weighted by Crippen LogP contribution is 2.22. The highest BCUT2D eigenvalue weighted by molar-refractivity contribution is 4.91. The Bertz CT molecular complexity index is 516. The molecule has 2 aliphatic rings. The van der Waals surface area contributed by atoms with Gasteiger partial charge in [-0.25, -0.2) is 18.4 Å². The van der Waals surface area contributed by atoms with E-state index in [4.69, 9.17) is 4.74 Å². The van der Waals surface area contributed by atoms with E-state index in [-0.39, 0.29) is 18.8 Å². The number of nitrogens with zero attached hydrogens (tertiary/aromatic N) is 5. The number of alkyl halides is 2. The number of hydrogen-bond acceptors (Lipinski definition) is 5. The molecule has 8 heteroatoms. The highest BCUT2D eigenvalue weighted by Gasteiger charge is 2.30. The van der Waals surface area contributed by atoms with Crippen LogP contribution in [0.3, 0.4) is 0 Å². The molecule has 1 aromatic heterocycles. The van der Waals surface area contributed by atoms with Crippen molar-refractivity contribution in [2.24, 2.45) is 0 Å². The van der Waals surface area contributed by atoms with E-state index in [1.807, 2.05) is 0 Å². The Labute approximate surface area is 141 Å². The predicted molar refractivity (Wildman–Crippen MR) is 85.9 cm³/mol. The molecule has 3 rings (SSSR count). The van der Waals surface area contributed by atoms with Crippen LogP contribution in [-0.4, -0.2) is 75.4 Å². The van der Waals surface area contributed by atoms with Gasteiger partial charge in [0.1, 0.15) is 18.7 Å². The van der Waals surface area contributed by atoms with E-state index < -0.39 is 6.43 Å². The molecule has 0 bridgehead atoms. The summed E-state index contributed by atoms with van der Waals surface area (Å²) in [6.45, 7) is 8.33. The van der Waals surface area contributed by atoms with E-state index in [2.05, 4.69) is 33.7 Å². The minimum Gasteiger partial charge on any atom is -0.373 e. The zero-order valence-corrected chi connectivity index (χ0v) is 14.4. The zero-order chi connectivity index (χ0) is 17.1. The van der Waals surface area contributed by atoms with Gasteiger partial charge in [0.2, 0.25) is 0 Å².